The molecule has 0 radical (unpaired) electrons. The minimum absolute atomic E-state index is 0.444. The van der Waals surface area contributed by atoms with Gasteiger partial charge in [-0.3, -0.25) is 4.90 Å². The molecule has 78 valence electrons. The van der Waals surface area contributed by atoms with Crippen LogP contribution in [-0.4, -0.2) is 36.1 Å². The second kappa shape index (κ2) is 4.38. The topological polar surface area (TPSA) is 28.2 Å². The number of nitrogens with zero attached hydrogens (tertiary/aromatic N) is 2. The van der Waals surface area contributed by atoms with Gasteiger partial charge in [-0.15, -0.1) is 11.3 Å². The van der Waals surface area contributed by atoms with Crippen LogP contribution in [-0.2, 0) is 0 Å². The maximum Gasteiger partial charge on any atom is 0.109 e. The third kappa shape index (κ3) is 1.97. The summed E-state index contributed by atoms with van der Waals surface area (Å²) in [6, 6.07) is 1.12. The summed E-state index contributed by atoms with van der Waals surface area (Å²) in [5.41, 5.74) is 0. The largest absolute Gasteiger partial charge is 0.315 e. The molecule has 0 saturated carbocycles. The van der Waals surface area contributed by atoms with Gasteiger partial charge in [0.05, 0.1) is 6.04 Å². The molecule has 0 amide bonds. The molecule has 0 spiro atoms. The number of likely N-dealkylation sites (N-methyl/N-ethyl adjacent to an activating group) is 1. The van der Waals surface area contributed by atoms with Crippen LogP contribution in [0.5, 0.6) is 0 Å². The predicted molar refractivity (Wildman–Crippen MR) is 59.6 cm³/mol. The van der Waals surface area contributed by atoms with Crippen molar-refractivity contribution in [2.75, 3.05) is 20.1 Å². The second-order valence-corrected chi connectivity index (χ2v) is 4.78. The smallest absolute Gasteiger partial charge is 0.109 e. The van der Waals surface area contributed by atoms with Crippen LogP contribution in [0.2, 0.25) is 0 Å². The van der Waals surface area contributed by atoms with Crippen molar-refractivity contribution in [2.45, 2.75) is 25.4 Å². The van der Waals surface area contributed by atoms with Crippen LogP contribution in [0.1, 0.15) is 24.4 Å². The highest BCUT2D eigenvalue weighted by molar-refractivity contribution is 7.09. The Balaban J connectivity index is 2.00. The van der Waals surface area contributed by atoms with Crippen LogP contribution >= 0.6 is 11.3 Å². The number of aromatic nitrogens is 1. The van der Waals surface area contributed by atoms with Crippen molar-refractivity contribution in [3.8, 4) is 0 Å². The molecule has 14 heavy (non-hydrogen) atoms. The van der Waals surface area contributed by atoms with Gasteiger partial charge < -0.3 is 5.32 Å². The zero-order chi connectivity index (χ0) is 9.97. The summed E-state index contributed by atoms with van der Waals surface area (Å²) in [4.78, 5) is 6.79. The molecule has 1 aliphatic rings. The molecule has 2 heterocycles. The molecule has 1 unspecified atom stereocenters. The number of hydrogen-bond acceptors (Lipinski definition) is 4. The number of thiazole rings is 1. The Hall–Kier alpha value is -0.450. The maximum absolute atomic E-state index is 4.37. The van der Waals surface area contributed by atoms with Crippen molar-refractivity contribution in [2.24, 2.45) is 0 Å². The lowest BCUT2D eigenvalue weighted by molar-refractivity contribution is 0.196. The number of rotatable bonds is 3. The van der Waals surface area contributed by atoms with Crippen molar-refractivity contribution in [3.05, 3.63) is 16.6 Å². The molecule has 0 aliphatic carbocycles. The second-order valence-electron chi connectivity index (χ2n) is 3.86. The molecular formula is C10H17N3S. The molecule has 2 atom stereocenters. The molecule has 4 heteroatoms. The summed E-state index contributed by atoms with van der Waals surface area (Å²) in [6.07, 6.45) is 3.14. The third-order valence-electron chi connectivity index (χ3n) is 3.03. The zero-order valence-electron chi connectivity index (χ0n) is 8.73. The Morgan fingerprint density at radius 3 is 3.14 bits per heavy atom. The fourth-order valence-electron chi connectivity index (χ4n) is 1.92. The SMILES string of the molecule is CC(c1nccs1)N(C)[C@H]1CCNC1. The Morgan fingerprint density at radius 1 is 1.71 bits per heavy atom. The van der Waals surface area contributed by atoms with Gasteiger partial charge in [0.2, 0.25) is 0 Å². The molecule has 0 aromatic carbocycles. The standard InChI is InChI=1S/C10H17N3S/c1-8(10-12-5-6-14-10)13(2)9-3-4-11-7-9/h5-6,8-9,11H,3-4,7H2,1-2H3/t8?,9-/m0/s1. The molecule has 1 saturated heterocycles. The van der Waals surface area contributed by atoms with Crippen molar-refractivity contribution in [3.63, 3.8) is 0 Å². The highest BCUT2D eigenvalue weighted by atomic mass is 32.1. The molecule has 1 N–H and O–H groups in total. The Bertz CT molecular complexity index is 267. The van der Waals surface area contributed by atoms with Crippen LogP contribution in [0.3, 0.4) is 0 Å². The summed E-state index contributed by atoms with van der Waals surface area (Å²) in [6.45, 7) is 4.50. The molecule has 1 fully saturated rings. The van der Waals surface area contributed by atoms with Gasteiger partial charge in [-0.05, 0) is 26.9 Å². The van der Waals surface area contributed by atoms with Gasteiger partial charge in [0.25, 0.3) is 0 Å². The molecule has 1 aromatic heterocycles. The minimum atomic E-state index is 0.444. The molecule has 1 aromatic rings. The minimum Gasteiger partial charge on any atom is -0.315 e. The Morgan fingerprint density at radius 2 is 2.57 bits per heavy atom. The van der Waals surface area contributed by atoms with E-state index in [-0.39, 0.29) is 0 Å². The van der Waals surface area contributed by atoms with Gasteiger partial charge >= 0.3 is 0 Å². The first kappa shape index (κ1) is 10.1. The quantitative estimate of drug-likeness (QED) is 0.821. The van der Waals surface area contributed by atoms with Crippen molar-refractivity contribution in [1.82, 2.24) is 15.2 Å². The van der Waals surface area contributed by atoms with Gasteiger partial charge in [-0.1, -0.05) is 0 Å². The Labute approximate surface area is 89.1 Å². The van der Waals surface area contributed by atoms with Crippen LogP contribution < -0.4 is 5.32 Å². The Kier molecular flexibility index (Phi) is 3.15. The highest BCUT2D eigenvalue weighted by Crippen LogP contribution is 2.24. The third-order valence-corrected chi connectivity index (χ3v) is 3.98. The van der Waals surface area contributed by atoms with E-state index >= 15 is 0 Å². The summed E-state index contributed by atoms with van der Waals surface area (Å²) >= 11 is 1.74. The van der Waals surface area contributed by atoms with Gasteiger partial charge in [-0.25, -0.2) is 4.98 Å². The first-order valence-electron chi connectivity index (χ1n) is 5.11. The fraction of sp³-hybridized carbons (Fsp3) is 0.700. The van der Waals surface area contributed by atoms with Gasteiger partial charge in [0.1, 0.15) is 5.01 Å². The van der Waals surface area contributed by atoms with Crippen molar-refractivity contribution in [1.29, 1.82) is 0 Å². The summed E-state index contributed by atoms with van der Waals surface area (Å²) < 4.78 is 0. The van der Waals surface area contributed by atoms with E-state index in [0.29, 0.717) is 12.1 Å². The first-order valence-corrected chi connectivity index (χ1v) is 5.99. The van der Waals surface area contributed by atoms with Crippen LogP contribution in [0, 0.1) is 0 Å². The summed E-state index contributed by atoms with van der Waals surface area (Å²) in [5, 5.41) is 6.66. The van der Waals surface area contributed by atoms with Crippen LogP contribution in [0.4, 0.5) is 0 Å². The fourth-order valence-corrected chi connectivity index (χ4v) is 2.66. The zero-order valence-corrected chi connectivity index (χ0v) is 9.55. The lowest BCUT2D eigenvalue weighted by atomic mass is 10.2. The molecule has 1 aliphatic heterocycles. The van der Waals surface area contributed by atoms with Gasteiger partial charge in [-0.2, -0.15) is 0 Å². The van der Waals surface area contributed by atoms with Crippen LogP contribution in [0.25, 0.3) is 0 Å². The van der Waals surface area contributed by atoms with Crippen molar-refractivity contribution >= 4 is 11.3 Å². The normalized spacial score (nSPS) is 24.4. The van der Waals surface area contributed by atoms with E-state index in [2.05, 4.69) is 29.2 Å². The predicted octanol–water partition coefficient (Wildman–Crippen LogP) is 1.50. The van der Waals surface area contributed by atoms with Crippen molar-refractivity contribution < 1.29 is 0 Å². The highest BCUT2D eigenvalue weighted by Gasteiger charge is 2.24. The monoisotopic (exact) mass is 211 g/mol. The van der Waals surface area contributed by atoms with E-state index in [9.17, 15) is 0 Å². The summed E-state index contributed by atoms with van der Waals surface area (Å²) in [5.74, 6) is 0. The average molecular weight is 211 g/mol. The molecular weight excluding hydrogens is 194 g/mol. The van der Waals surface area contributed by atoms with Gasteiger partial charge in [0, 0.05) is 24.2 Å². The van der Waals surface area contributed by atoms with Gasteiger partial charge in [0.15, 0.2) is 0 Å². The molecule has 3 nitrogen and oxygen atoms in total. The van der Waals surface area contributed by atoms with E-state index in [1.54, 1.807) is 11.3 Å². The average Bonchev–Trinajstić information content (AvgIpc) is 2.87. The first-order chi connectivity index (χ1) is 6.79. The number of nitrogens with one attached hydrogen (secondary N) is 1. The number of hydrogen-bond donors (Lipinski definition) is 1. The van der Waals surface area contributed by atoms with E-state index in [0.717, 1.165) is 13.1 Å². The lowest BCUT2D eigenvalue weighted by Gasteiger charge is -2.28. The maximum atomic E-state index is 4.37. The molecule has 2 rings (SSSR count). The van der Waals surface area contributed by atoms with E-state index in [4.69, 9.17) is 0 Å². The molecule has 0 bridgehead atoms. The lowest BCUT2D eigenvalue weighted by Crippen LogP contribution is -2.35. The van der Waals surface area contributed by atoms with E-state index in [1.165, 1.54) is 11.4 Å². The van der Waals surface area contributed by atoms with Crippen LogP contribution in [0.15, 0.2) is 11.6 Å². The van der Waals surface area contributed by atoms with E-state index in [1.807, 2.05) is 11.6 Å². The summed E-state index contributed by atoms with van der Waals surface area (Å²) in [7, 11) is 2.20. The van der Waals surface area contributed by atoms with E-state index < -0.39 is 0 Å².